The van der Waals surface area contributed by atoms with Gasteiger partial charge in [0, 0.05) is 12.7 Å². The maximum absolute atomic E-state index is 5.75. The molecular formula is C10H14N4. The highest BCUT2D eigenvalue weighted by Gasteiger charge is 2.09. The molecule has 74 valence electrons. The van der Waals surface area contributed by atoms with Gasteiger partial charge in [0.1, 0.15) is 5.52 Å². The average Bonchev–Trinajstić information content (AvgIpc) is 2.42. The molecule has 0 aromatic carbocycles. The Balaban J connectivity index is 2.71. The molecule has 4 heteroatoms. The molecule has 14 heavy (non-hydrogen) atoms. The van der Waals surface area contributed by atoms with Crippen molar-refractivity contribution in [1.82, 2.24) is 14.8 Å². The molecule has 0 fully saturated rings. The lowest BCUT2D eigenvalue weighted by molar-refractivity contribution is 0.800. The maximum atomic E-state index is 5.75. The van der Waals surface area contributed by atoms with Crippen molar-refractivity contribution in [2.45, 2.75) is 19.8 Å². The van der Waals surface area contributed by atoms with Crippen LogP contribution in [0.25, 0.3) is 11.0 Å². The van der Waals surface area contributed by atoms with Crippen molar-refractivity contribution in [1.29, 1.82) is 0 Å². The van der Waals surface area contributed by atoms with Gasteiger partial charge in [0.05, 0.1) is 5.52 Å². The van der Waals surface area contributed by atoms with Crippen LogP contribution in [-0.4, -0.2) is 14.8 Å². The van der Waals surface area contributed by atoms with Crippen LogP contribution in [-0.2, 0) is 7.05 Å². The van der Waals surface area contributed by atoms with Gasteiger partial charge in [0.2, 0.25) is 0 Å². The number of anilines is 1. The quantitative estimate of drug-likeness (QED) is 0.744. The molecule has 2 rings (SSSR count). The second kappa shape index (κ2) is 2.97. The number of fused-ring (bicyclic) bond motifs is 1. The molecule has 0 bridgehead atoms. The molecule has 4 nitrogen and oxygen atoms in total. The third-order valence-corrected chi connectivity index (χ3v) is 2.34. The van der Waals surface area contributed by atoms with Gasteiger partial charge in [-0.2, -0.15) is 5.10 Å². The number of hydrogen-bond acceptors (Lipinski definition) is 3. The van der Waals surface area contributed by atoms with E-state index in [1.807, 2.05) is 19.2 Å². The lowest BCUT2D eigenvalue weighted by Crippen LogP contribution is -1.93. The number of pyridine rings is 1. The Morgan fingerprint density at radius 1 is 1.36 bits per heavy atom. The Labute approximate surface area is 82.7 Å². The van der Waals surface area contributed by atoms with E-state index >= 15 is 0 Å². The van der Waals surface area contributed by atoms with Crippen LogP contribution in [0.1, 0.15) is 25.5 Å². The number of nitrogens with two attached hydrogens (primary N) is 1. The van der Waals surface area contributed by atoms with Gasteiger partial charge in [-0.05, 0) is 18.1 Å². The first-order valence-electron chi connectivity index (χ1n) is 4.68. The Hall–Kier alpha value is -1.58. The first-order valence-corrected chi connectivity index (χ1v) is 4.68. The minimum atomic E-state index is 0.416. The lowest BCUT2D eigenvalue weighted by atomic mass is 10.1. The van der Waals surface area contributed by atoms with Crippen molar-refractivity contribution < 1.29 is 0 Å². The third kappa shape index (κ3) is 1.23. The van der Waals surface area contributed by atoms with Gasteiger partial charge in [-0.25, -0.2) is 4.98 Å². The summed E-state index contributed by atoms with van der Waals surface area (Å²) in [6.07, 6.45) is 0. The van der Waals surface area contributed by atoms with E-state index in [-0.39, 0.29) is 0 Å². The zero-order chi connectivity index (χ0) is 10.3. The van der Waals surface area contributed by atoms with E-state index in [0.29, 0.717) is 11.7 Å². The van der Waals surface area contributed by atoms with Gasteiger partial charge in [-0.1, -0.05) is 13.8 Å². The molecule has 0 aliphatic heterocycles. The summed E-state index contributed by atoms with van der Waals surface area (Å²) >= 11 is 0. The topological polar surface area (TPSA) is 56.7 Å². The van der Waals surface area contributed by atoms with Crippen molar-refractivity contribution in [2.75, 3.05) is 5.73 Å². The fourth-order valence-electron chi connectivity index (χ4n) is 1.50. The number of aryl methyl sites for hydroxylation is 1. The van der Waals surface area contributed by atoms with E-state index in [1.165, 1.54) is 0 Å². The molecule has 2 N–H and O–H groups in total. The van der Waals surface area contributed by atoms with Crippen molar-refractivity contribution in [3.05, 3.63) is 17.8 Å². The first-order chi connectivity index (χ1) is 6.59. The Bertz CT molecular complexity index is 470. The van der Waals surface area contributed by atoms with Crippen molar-refractivity contribution >= 4 is 16.9 Å². The summed E-state index contributed by atoms with van der Waals surface area (Å²) in [5.41, 5.74) is 8.59. The van der Waals surface area contributed by atoms with Crippen molar-refractivity contribution in [3.63, 3.8) is 0 Å². The van der Waals surface area contributed by atoms with E-state index < -0.39 is 0 Å². The highest BCUT2D eigenvalue weighted by molar-refractivity contribution is 5.85. The van der Waals surface area contributed by atoms with Crippen LogP contribution in [0, 0.1) is 0 Å². The van der Waals surface area contributed by atoms with Crippen LogP contribution in [0.15, 0.2) is 12.1 Å². The van der Waals surface area contributed by atoms with Gasteiger partial charge >= 0.3 is 0 Å². The molecule has 0 aliphatic rings. The fourth-order valence-corrected chi connectivity index (χ4v) is 1.50. The van der Waals surface area contributed by atoms with Crippen LogP contribution < -0.4 is 5.73 Å². The van der Waals surface area contributed by atoms with Crippen LogP contribution in [0.4, 0.5) is 5.82 Å². The smallest absolute Gasteiger partial charge is 0.172 e. The zero-order valence-corrected chi connectivity index (χ0v) is 8.65. The molecule has 2 aromatic heterocycles. The predicted octanol–water partition coefficient (Wildman–Crippen LogP) is 1.67. The summed E-state index contributed by atoms with van der Waals surface area (Å²) < 4.78 is 1.75. The lowest BCUT2D eigenvalue weighted by Gasteiger charge is -2.03. The van der Waals surface area contributed by atoms with E-state index in [0.717, 1.165) is 16.7 Å². The van der Waals surface area contributed by atoms with Crippen LogP contribution in [0.3, 0.4) is 0 Å². The second-order valence-corrected chi connectivity index (χ2v) is 3.77. The molecule has 0 amide bonds. The number of nitrogens with zero attached hydrogens (tertiary/aromatic N) is 3. The van der Waals surface area contributed by atoms with E-state index in [4.69, 9.17) is 5.73 Å². The first kappa shape index (κ1) is 8.99. The summed E-state index contributed by atoms with van der Waals surface area (Å²) in [6, 6.07) is 4.04. The van der Waals surface area contributed by atoms with E-state index in [9.17, 15) is 0 Å². The summed E-state index contributed by atoms with van der Waals surface area (Å²) in [4.78, 5) is 4.49. The molecule has 0 spiro atoms. The molecular weight excluding hydrogens is 176 g/mol. The monoisotopic (exact) mass is 190 g/mol. The van der Waals surface area contributed by atoms with Gasteiger partial charge in [0.15, 0.2) is 5.82 Å². The van der Waals surface area contributed by atoms with E-state index in [1.54, 1.807) is 4.68 Å². The maximum Gasteiger partial charge on any atom is 0.172 e. The highest BCUT2D eigenvalue weighted by atomic mass is 15.3. The van der Waals surface area contributed by atoms with Gasteiger partial charge in [-0.3, -0.25) is 4.68 Å². The zero-order valence-electron chi connectivity index (χ0n) is 8.65. The molecule has 2 aromatic rings. The van der Waals surface area contributed by atoms with Crippen LogP contribution in [0.2, 0.25) is 0 Å². The van der Waals surface area contributed by atoms with Crippen LogP contribution >= 0.6 is 0 Å². The van der Waals surface area contributed by atoms with Gasteiger partial charge in [-0.15, -0.1) is 0 Å². The van der Waals surface area contributed by atoms with Crippen LogP contribution in [0.5, 0.6) is 0 Å². The molecule has 0 saturated carbocycles. The summed E-state index contributed by atoms with van der Waals surface area (Å²) in [6.45, 7) is 4.22. The van der Waals surface area contributed by atoms with E-state index in [2.05, 4.69) is 23.9 Å². The summed E-state index contributed by atoms with van der Waals surface area (Å²) in [5.74, 6) is 0.920. The number of rotatable bonds is 1. The van der Waals surface area contributed by atoms with Crippen molar-refractivity contribution in [2.24, 2.45) is 7.05 Å². The minimum Gasteiger partial charge on any atom is -0.380 e. The summed E-state index contributed by atoms with van der Waals surface area (Å²) in [5, 5.41) is 4.12. The normalized spacial score (nSPS) is 11.4. The van der Waals surface area contributed by atoms with Gasteiger partial charge < -0.3 is 5.73 Å². The second-order valence-electron chi connectivity index (χ2n) is 3.77. The molecule has 0 radical (unpaired) electrons. The largest absolute Gasteiger partial charge is 0.380 e. The standard InChI is InChI=1S/C10H14N4/c1-6(2)7-4-5-8-9(12-7)10(11)13-14(8)3/h4-6H,1-3H3,(H2,11,13). The molecule has 0 saturated heterocycles. The average molecular weight is 190 g/mol. The molecule has 0 atom stereocenters. The number of hydrogen-bond donors (Lipinski definition) is 1. The predicted molar refractivity (Wildman–Crippen MR) is 57.0 cm³/mol. The Morgan fingerprint density at radius 2 is 2.07 bits per heavy atom. The molecule has 0 unspecified atom stereocenters. The molecule has 2 heterocycles. The number of aromatic nitrogens is 3. The SMILES string of the molecule is CC(C)c1ccc2c(n1)c(N)nn2C. The fraction of sp³-hybridized carbons (Fsp3) is 0.400. The van der Waals surface area contributed by atoms with Gasteiger partial charge in [0.25, 0.3) is 0 Å². The Kier molecular flexibility index (Phi) is 1.91. The third-order valence-electron chi connectivity index (χ3n) is 2.34. The Morgan fingerprint density at radius 3 is 2.71 bits per heavy atom. The van der Waals surface area contributed by atoms with Crippen molar-refractivity contribution in [3.8, 4) is 0 Å². The highest BCUT2D eigenvalue weighted by Crippen LogP contribution is 2.20. The minimum absolute atomic E-state index is 0.416. The summed E-state index contributed by atoms with van der Waals surface area (Å²) in [7, 11) is 1.87. The molecule has 0 aliphatic carbocycles. The number of nitrogen functional groups attached to an aromatic ring is 1.